The van der Waals surface area contributed by atoms with Gasteiger partial charge in [-0.05, 0) is 32.1 Å². The lowest BCUT2D eigenvalue weighted by atomic mass is 9.99. The number of aliphatic hydroxyl groups is 1. The first-order chi connectivity index (χ1) is 11.0. The fourth-order valence-electron chi connectivity index (χ4n) is 2.36. The van der Waals surface area contributed by atoms with E-state index in [2.05, 4.69) is 27.1 Å². The molecule has 116 valence electrons. The second-order valence-electron chi connectivity index (χ2n) is 5.20. The zero-order chi connectivity index (χ0) is 16.6. The van der Waals surface area contributed by atoms with Gasteiger partial charge >= 0.3 is 0 Å². The van der Waals surface area contributed by atoms with Crippen LogP contribution in [0.4, 0.5) is 10.1 Å². The molecular weight excluding hydrogens is 297 g/mol. The van der Waals surface area contributed by atoms with Crippen LogP contribution in [0.2, 0.25) is 0 Å². The van der Waals surface area contributed by atoms with E-state index in [4.69, 9.17) is 0 Å². The maximum atomic E-state index is 14.2. The minimum absolute atomic E-state index is 0.0881. The van der Waals surface area contributed by atoms with Gasteiger partial charge in [0.25, 0.3) is 5.91 Å². The lowest BCUT2D eigenvalue weighted by Crippen LogP contribution is -2.03. The first-order valence-corrected chi connectivity index (χ1v) is 7.03. The van der Waals surface area contributed by atoms with Crippen molar-refractivity contribution in [1.29, 1.82) is 0 Å². The molecule has 1 unspecified atom stereocenters. The summed E-state index contributed by atoms with van der Waals surface area (Å²) in [4.78, 5) is 19.2. The highest BCUT2D eigenvalue weighted by Gasteiger charge is 2.28. The second-order valence-corrected chi connectivity index (χ2v) is 5.20. The number of hydrogen-bond donors (Lipinski definition) is 3. The molecule has 3 rings (SSSR count). The molecule has 1 aliphatic heterocycles. The minimum Gasteiger partial charge on any atom is -0.381 e. The van der Waals surface area contributed by atoms with Gasteiger partial charge in [-0.15, -0.1) is 0 Å². The van der Waals surface area contributed by atoms with Gasteiger partial charge in [0.15, 0.2) is 0 Å². The Bertz CT molecular complexity index is 885. The number of halogens is 1. The third-order valence-electron chi connectivity index (χ3n) is 3.48. The van der Waals surface area contributed by atoms with Crippen LogP contribution in [-0.2, 0) is 4.79 Å². The number of nitrogens with zero attached hydrogens (tertiary/aromatic N) is 1. The lowest BCUT2D eigenvalue weighted by Gasteiger charge is -2.04. The van der Waals surface area contributed by atoms with Crippen molar-refractivity contribution >= 4 is 23.2 Å². The van der Waals surface area contributed by atoms with Gasteiger partial charge in [-0.25, -0.2) is 9.37 Å². The summed E-state index contributed by atoms with van der Waals surface area (Å²) in [5, 5.41) is 12.0. The molecule has 0 aliphatic carbocycles. The third-order valence-corrected chi connectivity index (χ3v) is 3.48. The standard InChI is InChI=1S/C17H14FN3O2/c1-9(22)3-4-11-13(18)5-6-14-16(11)12(17(23)21-14)7-15-10(2)19-8-20-15/h5-9,22H,1-2H3,(H,19,20)(H,21,23). The van der Waals surface area contributed by atoms with Crippen molar-refractivity contribution in [3.8, 4) is 11.8 Å². The van der Waals surface area contributed by atoms with Crippen molar-refractivity contribution in [2.24, 2.45) is 0 Å². The van der Waals surface area contributed by atoms with Crippen LogP contribution in [0.25, 0.3) is 11.6 Å². The summed E-state index contributed by atoms with van der Waals surface area (Å²) < 4.78 is 14.2. The molecule has 1 amide bonds. The molecule has 0 fully saturated rings. The molecule has 1 aromatic heterocycles. The van der Waals surface area contributed by atoms with E-state index in [0.29, 0.717) is 22.5 Å². The third kappa shape index (κ3) is 2.74. The maximum Gasteiger partial charge on any atom is 0.256 e. The summed E-state index contributed by atoms with van der Waals surface area (Å²) in [6.45, 7) is 3.29. The molecule has 3 N–H and O–H groups in total. The van der Waals surface area contributed by atoms with E-state index in [9.17, 15) is 14.3 Å². The van der Waals surface area contributed by atoms with Crippen LogP contribution >= 0.6 is 0 Å². The summed E-state index contributed by atoms with van der Waals surface area (Å²) in [6.07, 6.45) is 2.25. The Hall–Kier alpha value is -2.91. The number of carbonyl (C=O) groups is 1. The number of imidazole rings is 1. The quantitative estimate of drug-likeness (QED) is 0.557. The van der Waals surface area contributed by atoms with E-state index < -0.39 is 11.9 Å². The molecule has 1 aromatic carbocycles. The Balaban J connectivity index is 2.21. The molecule has 0 radical (unpaired) electrons. The zero-order valence-corrected chi connectivity index (χ0v) is 12.6. The number of carbonyl (C=O) groups excluding carboxylic acids is 1. The number of nitrogens with one attached hydrogen (secondary N) is 2. The number of fused-ring (bicyclic) bond motifs is 1. The number of H-pyrrole nitrogens is 1. The molecule has 0 saturated carbocycles. The van der Waals surface area contributed by atoms with Crippen LogP contribution < -0.4 is 5.32 Å². The van der Waals surface area contributed by atoms with Crippen LogP contribution in [0.1, 0.15) is 29.4 Å². The molecular formula is C17H14FN3O2. The molecule has 1 aliphatic rings. The van der Waals surface area contributed by atoms with Gasteiger partial charge in [0.2, 0.25) is 0 Å². The first-order valence-electron chi connectivity index (χ1n) is 7.03. The number of rotatable bonds is 1. The average Bonchev–Trinajstić information content (AvgIpc) is 3.03. The number of benzene rings is 1. The van der Waals surface area contributed by atoms with Crippen molar-refractivity contribution in [3.63, 3.8) is 0 Å². The predicted octanol–water partition coefficient (Wildman–Crippen LogP) is 2.08. The zero-order valence-electron chi connectivity index (χ0n) is 12.6. The molecule has 6 heteroatoms. The van der Waals surface area contributed by atoms with Crippen molar-refractivity contribution in [3.05, 3.63) is 46.8 Å². The Labute approximate surface area is 132 Å². The van der Waals surface area contributed by atoms with Crippen molar-refractivity contribution in [2.75, 3.05) is 5.32 Å². The number of anilines is 1. The predicted molar refractivity (Wildman–Crippen MR) is 84.8 cm³/mol. The van der Waals surface area contributed by atoms with Gasteiger partial charge in [0.05, 0.1) is 34.5 Å². The largest absolute Gasteiger partial charge is 0.381 e. The van der Waals surface area contributed by atoms with Crippen LogP contribution in [-0.4, -0.2) is 27.1 Å². The molecule has 0 bridgehead atoms. The molecule has 0 saturated heterocycles. The lowest BCUT2D eigenvalue weighted by molar-refractivity contribution is -0.110. The van der Waals surface area contributed by atoms with Crippen LogP contribution in [0.3, 0.4) is 0 Å². The van der Waals surface area contributed by atoms with E-state index >= 15 is 0 Å². The maximum absolute atomic E-state index is 14.2. The van der Waals surface area contributed by atoms with E-state index in [1.54, 1.807) is 13.0 Å². The number of aromatic amines is 1. The average molecular weight is 311 g/mol. The number of aromatic nitrogens is 2. The number of amides is 1. The number of aryl methyl sites for hydroxylation is 1. The Morgan fingerprint density at radius 3 is 2.87 bits per heavy atom. The normalized spacial score (nSPS) is 15.8. The highest BCUT2D eigenvalue weighted by molar-refractivity contribution is 6.35. The van der Waals surface area contributed by atoms with Gasteiger partial charge in [0.1, 0.15) is 11.9 Å². The number of aliphatic hydroxyl groups excluding tert-OH is 1. The fraction of sp³-hybridized carbons (Fsp3) is 0.176. The van der Waals surface area contributed by atoms with Crippen LogP contribution in [0, 0.1) is 24.6 Å². The summed E-state index contributed by atoms with van der Waals surface area (Å²) in [5.74, 6) is 4.27. The van der Waals surface area contributed by atoms with Gasteiger partial charge in [0, 0.05) is 5.56 Å². The Morgan fingerprint density at radius 1 is 1.43 bits per heavy atom. The van der Waals surface area contributed by atoms with Crippen LogP contribution in [0.5, 0.6) is 0 Å². The van der Waals surface area contributed by atoms with Crippen molar-refractivity contribution < 1.29 is 14.3 Å². The minimum atomic E-state index is -0.891. The molecule has 0 spiro atoms. The Kier molecular flexibility index (Phi) is 3.72. The molecule has 1 atom stereocenters. The molecule has 5 nitrogen and oxygen atoms in total. The number of hydrogen-bond acceptors (Lipinski definition) is 3. The summed E-state index contributed by atoms with van der Waals surface area (Å²) >= 11 is 0. The SMILES string of the molecule is Cc1nc[nH]c1C=C1C(=O)Nc2ccc(F)c(C#CC(C)O)c21. The highest BCUT2D eigenvalue weighted by Crippen LogP contribution is 2.36. The van der Waals surface area contributed by atoms with Gasteiger partial charge in [-0.3, -0.25) is 4.79 Å². The topological polar surface area (TPSA) is 78.0 Å². The van der Waals surface area contributed by atoms with Gasteiger partial charge < -0.3 is 15.4 Å². The smallest absolute Gasteiger partial charge is 0.256 e. The van der Waals surface area contributed by atoms with E-state index in [1.807, 2.05) is 0 Å². The molecule has 2 aromatic rings. The molecule has 2 heterocycles. The Morgan fingerprint density at radius 2 is 2.22 bits per heavy atom. The second kappa shape index (κ2) is 5.71. The van der Waals surface area contributed by atoms with E-state index in [1.165, 1.54) is 25.4 Å². The monoisotopic (exact) mass is 311 g/mol. The van der Waals surface area contributed by atoms with Gasteiger partial charge in [-0.1, -0.05) is 11.8 Å². The highest BCUT2D eigenvalue weighted by atomic mass is 19.1. The van der Waals surface area contributed by atoms with Crippen LogP contribution in [0.15, 0.2) is 18.5 Å². The molecule has 23 heavy (non-hydrogen) atoms. The van der Waals surface area contributed by atoms with Crippen molar-refractivity contribution in [1.82, 2.24) is 9.97 Å². The van der Waals surface area contributed by atoms with Gasteiger partial charge in [-0.2, -0.15) is 0 Å². The summed E-state index contributed by atoms with van der Waals surface area (Å²) in [5.41, 5.74) is 2.69. The van der Waals surface area contributed by atoms with E-state index in [0.717, 1.165) is 5.69 Å². The summed E-state index contributed by atoms with van der Waals surface area (Å²) in [7, 11) is 0. The van der Waals surface area contributed by atoms with E-state index in [-0.39, 0.29) is 11.5 Å². The van der Waals surface area contributed by atoms with Crippen molar-refractivity contribution in [2.45, 2.75) is 20.0 Å². The fourth-order valence-corrected chi connectivity index (χ4v) is 2.36. The first kappa shape index (κ1) is 15.0. The summed E-state index contributed by atoms with van der Waals surface area (Å²) in [6, 6.07) is 2.74.